The van der Waals surface area contributed by atoms with Gasteiger partial charge in [0.1, 0.15) is 41.5 Å². The zero-order chi connectivity index (χ0) is 46.9. The number of carbonyl (C=O) groups excluding carboxylic acids is 4. The topological polar surface area (TPSA) is 183 Å². The van der Waals surface area contributed by atoms with Crippen molar-refractivity contribution in [3.05, 3.63) is 173 Å². The van der Waals surface area contributed by atoms with E-state index in [1.807, 2.05) is 84.9 Å². The zero-order valence-corrected chi connectivity index (χ0v) is 38.5. The summed E-state index contributed by atoms with van der Waals surface area (Å²) in [4.78, 5) is 59.5. The minimum absolute atomic E-state index is 0.0100. The third kappa shape index (κ3) is 10.2. The summed E-state index contributed by atoms with van der Waals surface area (Å²) in [6.45, 7) is 0.108. The summed E-state index contributed by atoms with van der Waals surface area (Å²) in [5.74, 6) is -2.48. The Kier molecular flexibility index (Phi) is 14.5. The van der Waals surface area contributed by atoms with Crippen LogP contribution >= 0.6 is 23.5 Å². The Morgan fingerprint density at radius 1 is 0.776 bits per heavy atom. The number of ether oxygens (including phenoxy) is 6. The van der Waals surface area contributed by atoms with Crippen LogP contribution in [0, 0.1) is 0 Å². The molecule has 0 saturated carbocycles. The predicted molar refractivity (Wildman–Crippen MR) is 248 cm³/mol. The number of nitrogens with one attached hydrogen (secondary N) is 1. The van der Waals surface area contributed by atoms with E-state index in [-0.39, 0.29) is 36.0 Å². The molecule has 1 fully saturated rings. The zero-order valence-electron chi connectivity index (χ0n) is 36.9. The van der Waals surface area contributed by atoms with Crippen molar-refractivity contribution in [3.8, 4) is 17.2 Å². The van der Waals surface area contributed by atoms with Gasteiger partial charge in [0, 0.05) is 25.7 Å². The molecule has 0 aliphatic carbocycles. The summed E-state index contributed by atoms with van der Waals surface area (Å²) in [5.41, 5.74) is 1.88. The number of β-lactam (4-membered cyclic amide) rings is 1. The lowest BCUT2D eigenvalue weighted by Gasteiger charge is -2.56. The molecule has 2 amide bonds. The number of rotatable bonds is 19. The number of amides is 2. The molecule has 18 heteroatoms. The van der Waals surface area contributed by atoms with Crippen LogP contribution in [0.3, 0.4) is 0 Å². The first-order chi connectivity index (χ1) is 32.6. The van der Waals surface area contributed by atoms with Gasteiger partial charge in [-0.1, -0.05) is 109 Å². The van der Waals surface area contributed by atoms with Crippen LogP contribution in [0.15, 0.2) is 150 Å². The van der Waals surface area contributed by atoms with Crippen molar-refractivity contribution in [1.29, 1.82) is 0 Å². The smallest absolute Gasteiger partial charge is 0.356 e. The molecule has 3 heterocycles. The SMILES string of the molecule is COc1ccc(COC(=O)C(C(=O)N[C@]2(OC)C(=O)N3C(C(=O)OC(c4ccccc4)c4ccccc4)=C(CSc4nnnn4C)CS[C@H]32)c2ccc(OCc3ccc(OC)cc3)cc2)cc1. The van der Waals surface area contributed by atoms with Gasteiger partial charge in [-0.15, -0.1) is 16.9 Å². The first-order valence-electron chi connectivity index (χ1n) is 21.0. The first-order valence-corrected chi connectivity index (χ1v) is 23.0. The van der Waals surface area contributed by atoms with E-state index in [1.54, 1.807) is 69.8 Å². The molecule has 2 aliphatic heterocycles. The molecule has 2 aliphatic rings. The van der Waals surface area contributed by atoms with E-state index >= 15 is 0 Å². The molecule has 8 rings (SSSR count). The number of nitrogens with zero attached hydrogens (tertiary/aromatic N) is 5. The predicted octanol–water partition coefficient (Wildman–Crippen LogP) is 6.39. The van der Waals surface area contributed by atoms with E-state index in [2.05, 4.69) is 20.8 Å². The number of carbonyl (C=O) groups is 4. The van der Waals surface area contributed by atoms with Gasteiger partial charge in [-0.25, -0.2) is 9.48 Å². The van der Waals surface area contributed by atoms with Crippen molar-refractivity contribution in [3.63, 3.8) is 0 Å². The minimum Gasteiger partial charge on any atom is -0.497 e. The number of thioether (sulfide) groups is 2. The Bertz CT molecular complexity index is 2680. The number of hydrogen-bond acceptors (Lipinski definition) is 15. The van der Waals surface area contributed by atoms with E-state index in [0.717, 1.165) is 22.4 Å². The highest BCUT2D eigenvalue weighted by molar-refractivity contribution is 8.01. The Balaban J connectivity index is 1.07. The van der Waals surface area contributed by atoms with E-state index < -0.39 is 46.9 Å². The van der Waals surface area contributed by atoms with Gasteiger partial charge in [0.25, 0.3) is 11.6 Å². The standard InChI is InChI=1S/C49H46N6O10S2/c1-54-48(51-52-53-54)67-30-36-29-66-47-49(62-4,46(59)55(47)41(36)45(58)65-42(34-11-7-5-8-12-34)35-13-9-6-10-14-35)50-43(56)40(44(57)64-28-32-17-23-38(61-3)24-18-32)33-19-25-39(26-20-33)63-27-31-15-21-37(60-2)22-16-31/h5-26,40,42,47H,27-30H2,1-4H3,(H,50,56)/t40?,47-,49-/m0/s1. The fourth-order valence-corrected chi connectivity index (χ4v) is 9.97. The average molecular weight is 943 g/mol. The number of fused-ring (bicyclic) bond motifs is 1. The summed E-state index contributed by atoms with van der Waals surface area (Å²) in [7, 11) is 6.13. The van der Waals surface area contributed by atoms with Gasteiger partial charge in [-0.05, 0) is 80.2 Å². The van der Waals surface area contributed by atoms with Crippen molar-refractivity contribution in [2.24, 2.45) is 7.05 Å². The number of aryl methyl sites for hydroxylation is 1. The van der Waals surface area contributed by atoms with Gasteiger partial charge in [-0.3, -0.25) is 19.3 Å². The van der Waals surface area contributed by atoms with Gasteiger partial charge >= 0.3 is 11.9 Å². The molecule has 1 N–H and O–H groups in total. The lowest BCUT2D eigenvalue weighted by Crippen LogP contribution is -2.81. The summed E-state index contributed by atoms with van der Waals surface area (Å²) in [6.07, 6.45) is -0.820. The van der Waals surface area contributed by atoms with E-state index in [0.29, 0.717) is 27.8 Å². The van der Waals surface area contributed by atoms with Crippen LogP contribution in [-0.4, -0.2) is 92.8 Å². The highest BCUT2D eigenvalue weighted by Gasteiger charge is 2.67. The van der Waals surface area contributed by atoms with Crippen LogP contribution in [0.2, 0.25) is 0 Å². The highest BCUT2D eigenvalue weighted by atomic mass is 32.2. The van der Waals surface area contributed by atoms with Crippen molar-refractivity contribution >= 4 is 47.3 Å². The Labute approximate surface area is 394 Å². The van der Waals surface area contributed by atoms with Gasteiger partial charge < -0.3 is 33.7 Å². The summed E-state index contributed by atoms with van der Waals surface area (Å²) in [6, 6.07) is 39.4. The molecule has 344 valence electrons. The minimum atomic E-state index is -1.99. The quantitative estimate of drug-likeness (QED) is 0.0310. The maximum Gasteiger partial charge on any atom is 0.356 e. The summed E-state index contributed by atoms with van der Waals surface area (Å²) >= 11 is 2.57. The molecule has 0 bridgehead atoms. The van der Waals surface area contributed by atoms with Crippen molar-refractivity contribution in [2.75, 3.05) is 32.8 Å². The number of methoxy groups -OCH3 is 3. The second-order valence-corrected chi connectivity index (χ2v) is 17.3. The fraction of sp³-hybridized carbons (Fsp3) is 0.245. The molecule has 6 aromatic rings. The Morgan fingerprint density at radius 2 is 1.36 bits per heavy atom. The first kappa shape index (κ1) is 46.4. The van der Waals surface area contributed by atoms with E-state index in [1.165, 1.54) is 40.2 Å². The van der Waals surface area contributed by atoms with Crippen LogP contribution < -0.4 is 19.5 Å². The second-order valence-electron chi connectivity index (χ2n) is 15.3. The number of hydrogen-bond donors (Lipinski definition) is 1. The Morgan fingerprint density at radius 3 is 1.91 bits per heavy atom. The van der Waals surface area contributed by atoms with Crippen molar-refractivity contribution < 1.29 is 47.6 Å². The van der Waals surface area contributed by atoms with Crippen LogP contribution in [-0.2, 0) is 53.7 Å². The van der Waals surface area contributed by atoms with E-state index in [9.17, 15) is 19.2 Å². The van der Waals surface area contributed by atoms with Crippen LogP contribution in [0.25, 0.3) is 0 Å². The Hall–Kier alpha value is -7.15. The number of tetrazole rings is 1. The van der Waals surface area contributed by atoms with Crippen LogP contribution in [0.5, 0.6) is 17.2 Å². The van der Waals surface area contributed by atoms with Crippen molar-refractivity contribution in [2.45, 2.75) is 41.5 Å². The molecule has 5 aromatic carbocycles. The monoisotopic (exact) mass is 942 g/mol. The van der Waals surface area contributed by atoms with Gasteiger partial charge in [0.05, 0.1) is 14.2 Å². The molecule has 16 nitrogen and oxygen atoms in total. The summed E-state index contributed by atoms with van der Waals surface area (Å²) < 4.78 is 36.0. The van der Waals surface area contributed by atoms with Gasteiger partial charge in [0.15, 0.2) is 12.0 Å². The lowest BCUT2D eigenvalue weighted by molar-refractivity contribution is -0.193. The van der Waals surface area contributed by atoms with Crippen LogP contribution in [0.4, 0.5) is 0 Å². The third-order valence-corrected chi connectivity index (χ3v) is 13.6. The molecule has 1 saturated heterocycles. The number of aromatic nitrogens is 4. The highest BCUT2D eigenvalue weighted by Crippen LogP contribution is 2.48. The molecular weight excluding hydrogens is 897 g/mol. The largest absolute Gasteiger partial charge is 0.497 e. The lowest BCUT2D eigenvalue weighted by atomic mass is 9.94. The molecule has 0 radical (unpaired) electrons. The normalized spacial score (nSPS) is 16.9. The number of benzene rings is 5. The van der Waals surface area contributed by atoms with Gasteiger partial charge in [-0.2, -0.15) is 0 Å². The maximum atomic E-state index is 14.8. The van der Waals surface area contributed by atoms with Crippen molar-refractivity contribution in [1.82, 2.24) is 30.4 Å². The molecule has 1 aromatic heterocycles. The molecular formula is C49H46N6O10S2. The average Bonchev–Trinajstić information content (AvgIpc) is 3.79. The molecule has 3 atom stereocenters. The fourth-order valence-electron chi connectivity index (χ4n) is 7.54. The maximum absolute atomic E-state index is 14.8. The second kappa shape index (κ2) is 21.0. The van der Waals surface area contributed by atoms with Gasteiger partial charge in [0.2, 0.25) is 11.1 Å². The third-order valence-electron chi connectivity index (χ3n) is 11.1. The van der Waals surface area contributed by atoms with E-state index in [4.69, 9.17) is 28.4 Å². The number of esters is 2. The molecule has 0 spiro atoms. The summed E-state index contributed by atoms with van der Waals surface area (Å²) in [5, 5.41) is 14.0. The van der Waals surface area contributed by atoms with Crippen LogP contribution in [0.1, 0.15) is 39.8 Å². The molecule has 1 unspecified atom stereocenters. The molecule has 67 heavy (non-hydrogen) atoms.